The summed E-state index contributed by atoms with van der Waals surface area (Å²) >= 11 is 0. The van der Waals surface area contributed by atoms with Crippen LogP contribution in [0, 0.1) is 11.3 Å². The second-order valence-electron chi connectivity index (χ2n) is 4.84. The number of rotatable bonds is 2. The smallest absolute Gasteiger partial charge is 0.244 e. The normalized spacial score (nSPS) is 20.2. The first-order valence-electron chi connectivity index (χ1n) is 6.61. The van der Waals surface area contributed by atoms with E-state index in [0.29, 0.717) is 6.61 Å². The highest BCUT2D eigenvalue weighted by atomic mass is 32.2. The molecular formula is C15H14N2O3S. The molecule has 0 aromatic heterocycles. The summed E-state index contributed by atoms with van der Waals surface area (Å²) in [6.45, 7) is 0.627. The first-order valence-corrected chi connectivity index (χ1v) is 8.05. The van der Waals surface area contributed by atoms with E-state index in [-0.39, 0.29) is 18.0 Å². The number of hydrogen-bond acceptors (Lipinski definition) is 4. The second kappa shape index (κ2) is 5.45. The lowest BCUT2D eigenvalue weighted by Gasteiger charge is -2.30. The first-order chi connectivity index (χ1) is 10.1. The van der Waals surface area contributed by atoms with Gasteiger partial charge in [-0.15, -0.1) is 0 Å². The van der Waals surface area contributed by atoms with Crippen LogP contribution >= 0.6 is 0 Å². The molecule has 21 heavy (non-hydrogen) atoms. The van der Waals surface area contributed by atoms with Crippen molar-refractivity contribution in [1.82, 2.24) is 4.31 Å². The van der Waals surface area contributed by atoms with Crippen LogP contribution in [0.25, 0.3) is 10.8 Å². The molecule has 1 heterocycles. The van der Waals surface area contributed by atoms with Gasteiger partial charge in [0, 0.05) is 6.54 Å². The zero-order chi connectivity index (χ0) is 14.9. The van der Waals surface area contributed by atoms with Crippen LogP contribution in [-0.4, -0.2) is 38.5 Å². The molecule has 5 nitrogen and oxygen atoms in total. The van der Waals surface area contributed by atoms with E-state index >= 15 is 0 Å². The van der Waals surface area contributed by atoms with Crippen molar-refractivity contribution in [3.8, 4) is 6.07 Å². The second-order valence-corrected chi connectivity index (χ2v) is 6.74. The van der Waals surface area contributed by atoms with Gasteiger partial charge in [0.05, 0.1) is 24.2 Å². The molecule has 0 unspecified atom stereocenters. The van der Waals surface area contributed by atoms with Crippen LogP contribution in [0.2, 0.25) is 0 Å². The van der Waals surface area contributed by atoms with Crippen molar-refractivity contribution in [3.63, 3.8) is 0 Å². The Bertz CT molecular complexity index is 811. The zero-order valence-electron chi connectivity index (χ0n) is 11.3. The van der Waals surface area contributed by atoms with E-state index in [1.165, 1.54) is 4.31 Å². The van der Waals surface area contributed by atoms with E-state index < -0.39 is 16.1 Å². The summed E-state index contributed by atoms with van der Waals surface area (Å²) in [6, 6.07) is 13.8. The molecule has 0 saturated carbocycles. The van der Waals surface area contributed by atoms with Gasteiger partial charge in [0.15, 0.2) is 0 Å². The Kier molecular flexibility index (Phi) is 3.64. The third-order valence-electron chi connectivity index (χ3n) is 3.56. The van der Waals surface area contributed by atoms with Gasteiger partial charge < -0.3 is 4.74 Å². The van der Waals surface area contributed by atoms with Gasteiger partial charge >= 0.3 is 0 Å². The van der Waals surface area contributed by atoms with Gasteiger partial charge in [-0.25, -0.2) is 8.42 Å². The molecule has 1 saturated heterocycles. The van der Waals surface area contributed by atoms with E-state index in [0.717, 1.165) is 10.8 Å². The molecule has 3 rings (SSSR count). The molecule has 6 heteroatoms. The predicted molar refractivity (Wildman–Crippen MR) is 78.1 cm³/mol. The fraction of sp³-hybridized carbons (Fsp3) is 0.267. The fourth-order valence-electron chi connectivity index (χ4n) is 2.44. The van der Waals surface area contributed by atoms with Crippen LogP contribution in [0.15, 0.2) is 47.4 Å². The predicted octanol–water partition coefficient (Wildman–Crippen LogP) is 1.75. The highest BCUT2D eigenvalue weighted by molar-refractivity contribution is 7.89. The number of fused-ring (bicyclic) bond motifs is 1. The van der Waals surface area contributed by atoms with Crippen molar-refractivity contribution in [3.05, 3.63) is 42.5 Å². The lowest BCUT2D eigenvalue weighted by atomic mass is 10.1. The van der Waals surface area contributed by atoms with Crippen molar-refractivity contribution >= 4 is 20.8 Å². The van der Waals surface area contributed by atoms with Gasteiger partial charge in [-0.2, -0.15) is 9.57 Å². The summed E-state index contributed by atoms with van der Waals surface area (Å²) in [7, 11) is -3.68. The molecule has 0 N–H and O–H groups in total. The standard InChI is InChI=1S/C15H14N2O3S/c16-10-14-11-20-8-7-17(14)21(18,19)15-6-5-12-3-1-2-4-13(12)9-15/h1-6,9,14H,7-8,11H2/t14-/m0/s1. The molecule has 1 aliphatic heterocycles. The fourth-order valence-corrected chi connectivity index (χ4v) is 3.99. The van der Waals surface area contributed by atoms with Crippen molar-refractivity contribution in [2.45, 2.75) is 10.9 Å². The average Bonchev–Trinajstić information content (AvgIpc) is 2.54. The Morgan fingerprint density at radius 3 is 2.71 bits per heavy atom. The quantitative estimate of drug-likeness (QED) is 0.847. The molecule has 0 radical (unpaired) electrons. The van der Waals surface area contributed by atoms with E-state index in [1.807, 2.05) is 30.3 Å². The number of morpholine rings is 1. The number of nitriles is 1. The Morgan fingerprint density at radius 1 is 1.19 bits per heavy atom. The van der Waals surface area contributed by atoms with Crippen molar-refractivity contribution in [2.75, 3.05) is 19.8 Å². The van der Waals surface area contributed by atoms with Crippen molar-refractivity contribution in [1.29, 1.82) is 5.26 Å². The maximum Gasteiger partial charge on any atom is 0.244 e. The lowest BCUT2D eigenvalue weighted by Crippen LogP contribution is -2.47. The van der Waals surface area contributed by atoms with Crippen LogP contribution in [0.5, 0.6) is 0 Å². The average molecular weight is 302 g/mol. The topological polar surface area (TPSA) is 70.4 Å². The van der Waals surface area contributed by atoms with Crippen LogP contribution in [0.1, 0.15) is 0 Å². The van der Waals surface area contributed by atoms with E-state index in [1.54, 1.807) is 18.2 Å². The molecule has 0 spiro atoms. The molecule has 0 aliphatic carbocycles. The summed E-state index contributed by atoms with van der Waals surface area (Å²) in [5.74, 6) is 0. The summed E-state index contributed by atoms with van der Waals surface area (Å²) in [6.07, 6.45) is 0. The van der Waals surface area contributed by atoms with Gasteiger partial charge in [-0.05, 0) is 22.9 Å². The van der Waals surface area contributed by atoms with Gasteiger partial charge in [-0.3, -0.25) is 0 Å². The van der Waals surface area contributed by atoms with Crippen LogP contribution < -0.4 is 0 Å². The van der Waals surface area contributed by atoms with E-state index in [2.05, 4.69) is 0 Å². The highest BCUT2D eigenvalue weighted by Gasteiger charge is 2.34. The van der Waals surface area contributed by atoms with E-state index in [9.17, 15) is 8.42 Å². The van der Waals surface area contributed by atoms with Crippen molar-refractivity contribution in [2.24, 2.45) is 0 Å². The summed E-state index contributed by atoms with van der Waals surface area (Å²) in [5, 5.41) is 11.0. The first kappa shape index (κ1) is 14.0. The van der Waals surface area contributed by atoms with E-state index in [4.69, 9.17) is 10.00 Å². The van der Waals surface area contributed by atoms with Crippen LogP contribution in [-0.2, 0) is 14.8 Å². The van der Waals surface area contributed by atoms with Crippen LogP contribution in [0.3, 0.4) is 0 Å². The van der Waals surface area contributed by atoms with Gasteiger partial charge in [0.1, 0.15) is 6.04 Å². The Labute approximate surface area is 123 Å². The Balaban J connectivity index is 2.05. The highest BCUT2D eigenvalue weighted by Crippen LogP contribution is 2.24. The summed E-state index contributed by atoms with van der Waals surface area (Å²) in [5.41, 5.74) is 0. The molecule has 0 amide bonds. The molecular weight excluding hydrogens is 288 g/mol. The zero-order valence-corrected chi connectivity index (χ0v) is 12.1. The molecule has 108 valence electrons. The Hall–Kier alpha value is -1.94. The molecule has 1 atom stereocenters. The molecule has 2 aromatic rings. The minimum atomic E-state index is -3.68. The Morgan fingerprint density at radius 2 is 1.95 bits per heavy atom. The lowest BCUT2D eigenvalue weighted by molar-refractivity contribution is 0.0511. The minimum Gasteiger partial charge on any atom is -0.377 e. The largest absolute Gasteiger partial charge is 0.377 e. The number of ether oxygens (including phenoxy) is 1. The van der Waals surface area contributed by atoms with Crippen molar-refractivity contribution < 1.29 is 13.2 Å². The van der Waals surface area contributed by atoms with Gasteiger partial charge in [-0.1, -0.05) is 30.3 Å². The van der Waals surface area contributed by atoms with Crippen LogP contribution in [0.4, 0.5) is 0 Å². The molecule has 1 aliphatic rings. The number of sulfonamides is 1. The maximum atomic E-state index is 12.7. The summed E-state index contributed by atoms with van der Waals surface area (Å²) < 4.78 is 31.8. The summed E-state index contributed by atoms with van der Waals surface area (Å²) in [4.78, 5) is 0.211. The SMILES string of the molecule is N#C[C@H]1COCCN1S(=O)(=O)c1ccc2ccccc2c1. The minimum absolute atomic E-state index is 0.114. The molecule has 2 aromatic carbocycles. The molecule has 0 bridgehead atoms. The number of hydrogen-bond donors (Lipinski definition) is 0. The number of benzene rings is 2. The third kappa shape index (κ3) is 2.51. The monoisotopic (exact) mass is 302 g/mol. The number of nitrogens with zero attached hydrogens (tertiary/aromatic N) is 2. The third-order valence-corrected chi connectivity index (χ3v) is 5.46. The molecule has 1 fully saturated rings. The maximum absolute atomic E-state index is 12.7. The van der Waals surface area contributed by atoms with Gasteiger partial charge in [0.2, 0.25) is 10.0 Å². The van der Waals surface area contributed by atoms with Gasteiger partial charge in [0.25, 0.3) is 0 Å².